The zero-order valence-electron chi connectivity index (χ0n) is 20.5. The molecule has 4 fully saturated rings. The molecule has 0 saturated carbocycles. The van der Waals surface area contributed by atoms with E-state index in [-0.39, 0.29) is 36.1 Å². The van der Waals surface area contributed by atoms with Crippen LogP contribution in [-0.2, 0) is 28.5 Å². The molecule has 0 aromatic carbocycles. The van der Waals surface area contributed by atoms with Crippen LogP contribution in [0, 0.1) is 0 Å². The average molecular weight is 453 g/mol. The van der Waals surface area contributed by atoms with Crippen molar-refractivity contribution in [1.82, 2.24) is 9.80 Å². The summed E-state index contributed by atoms with van der Waals surface area (Å²) < 4.78 is 24.6. The van der Waals surface area contributed by atoms with Crippen LogP contribution in [-0.4, -0.2) is 82.8 Å². The topological polar surface area (TPSA) is 77.5 Å². The Bertz CT molecular complexity index is 721. The second-order valence-electron chi connectivity index (χ2n) is 9.75. The van der Waals surface area contributed by atoms with E-state index >= 15 is 0 Å². The Labute approximate surface area is 191 Å². The van der Waals surface area contributed by atoms with E-state index in [1.54, 1.807) is 0 Å². The zero-order valence-corrected chi connectivity index (χ0v) is 20.5. The van der Waals surface area contributed by atoms with Crippen LogP contribution in [0.25, 0.3) is 0 Å². The zero-order chi connectivity index (χ0) is 23.3. The first-order valence-electron chi connectivity index (χ1n) is 12.6. The number of hydrogen-bond acceptors (Lipinski definition) is 6. The van der Waals surface area contributed by atoms with Gasteiger partial charge in [0.2, 0.25) is 0 Å². The van der Waals surface area contributed by atoms with E-state index in [1.807, 2.05) is 37.5 Å². The van der Waals surface area contributed by atoms with E-state index in [2.05, 4.69) is 13.8 Å². The summed E-state index contributed by atoms with van der Waals surface area (Å²) in [7, 11) is 0. The predicted molar refractivity (Wildman–Crippen MR) is 118 cm³/mol. The van der Waals surface area contributed by atoms with Crippen molar-refractivity contribution in [3.63, 3.8) is 0 Å². The van der Waals surface area contributed by atoms with Gasteiger partial charge in [-0.2, -0.15) is 0 Å². The molecule has 0 bridgehead atoms. The molecule has 4 heterocycles. The first-order chi connectivity index (χ1) is 15.3. The van der Waals surface area contributed by atoms with Crippen molar-refractivity contribution in [3.8, 4) is 0 Å². The summed E-state index contributed by atoms with van der Waals surface area (Å²) in [6, 6.07) is 0.0248. The Morgan fingerprint density at radius 2 is 1.22 bits per heavy atom. The highest BCUT2D eigenvalue weighted by molar-refractivity contribution is 5.85. The van der Waals surface area contributed by atoms with Gasteiger partial charge >= 0.3 is 0 Å². The molecule has 0 radical (unpaired) electrons. The van der Waals surface area contributed by atoms with Crippen molar-refractivity contribution in [2.75, 3.05) is 13.1 Å². The minimum atomic E-state index is -0.627. The molecule has 4 saturated heterocycles. The van der Waals surface area contributed by atoms with Crippen LogP contribution in [0.5, 0.6) is 0 Å². The monoisotopic (exact) mass is 452 g/mol. The third-order valence-electron chi connectivity index (χ3n) is 8.11. The lowest BCUT2D eigenvalue weighted by Crippen LogP contribution is -2.47. The fraction of sp³-hybridized carbons (Fsp3) is 0.917. The maximum Gasteiger partial charge on any atom is 0.254 e. The lowest BCUT2D eigenvalue weighted by atomic mass is 10.0. The summed E-state index contributed by atoms with van der Waals surface area (Å²) >= 11 is 0. The second-order valence-corrected chi connectivity index (χ2v) is 9.75. The lowest BCUT2D eigenvalue weighted by Gasteiger charge is -2.35. The van der Waals surface area contributed by atoms with Crippen LogP contribution in [0.15, 0.2) is 0 Å². The van der Waals surface area contributed by atoms with Gasteiger partial charge in [-0.3, -0.25) is 9.59 Å². The molecule has 2 amide bonds. The number of amides is 2. The summed E-state index contributed by atoms with van der Waals surface area (Å²) in [4.78, 5) is 30.1. The quantitative estimate of drug-likeness (QED) is 0.535. The molecule has 4 rings (SSSR count). The second kappa shape index (κ2) is 8.85. The highest BCUT2D eigenvalue weighted by atomic mass is 16.8. The molecule has 4 aliphatic rings. The van der Waals surface area contributed by atoms with Crippen LogP contribution < -0.4 is 0 Å². The van der Waals surface area contributed by atoms with Gasteiger partial charge in [0.15, 0.2) is 23.8 Å². The lowest BCUT2D eigenvalue weighted by molar-refractivity contribution is -0.193. The molecule has 0 aliphatic carbocycles. The normalized spacial score (nSPS) is 34.8. The van der Waals surface area contributed by atoms with E-state index in [0.29, 0.717) is 19.5 Å². The Balaban J connectivity index is 1.37. The number of ether oxygens (including phenoxy) is 4. The fourth-order valence-electron chi connectivity index (χ4n) is 5.85. The molecule has 0 aromatic heterocycles. The van der Waals surface area contributed by atoms with Gasteiger partial charge in [-0.25, -0.2) is 0 Å². The minimum Gasteiger partial charge on any atom is -0.342 e. The molecule has 6 atom stereocenters. The molecule has 0 N–H and O–H groups in total. The third kappa shape index (κ3) is 3.77. The van der Waals surface area contributed by atoms with Crippen molar-refractivity contribution in [3.05, 3.63) is 0 Å². The van der Waals surface area contributed by atoms with E-state index < -0.39 is 23.8 Å². The molecule has 8 heteroatoms. The summed E-state index contributed by atoms with van der Waals surface area (Å²) in [6.07, 6.45) is 3.03. The van der Waals surface area contributed by atoms with Gasteiger partial charge in [-0.15, -0.1) is 0 Å². The highest BCUT2D eigenvalue weighted by Gasteiger charge is 2.57. The van der Waals surface area contributed by atoms with Gasteiger partial charge in [0.1, 0.15) is 12.2 Å². The van der Waals surface area contributed by atoms with E-state index in [9.17, 15) is 9.59 Å². The molecule has 4 aliphatic heterocycles. The first kappa shape index (κ1) is 23.9. The van der Waals surface area contributed by atoms with Crippen LogP contribution in [0.3, 0.4) is 0 Å². The van der Waals surface area contributed by atoms with Crippen molar-refractivity contribution < 1.29 is 28.5 Å². The average Bonchev–Trinajstić information content (AvgIpc) is 3.52. The van der Waals surface area contributed by atoms with Gasteiger partial charge in [0, 0.05) is 12.1 Å². The smallest absolute Gasteiger partial charge is 0.254 e. The standard InChI is InChI=1S/C24H40N2O6/c1-7-16(26-14-18-20(22(26)28)32-24(10-4,11-5)30-18)12-15(6)25-13-17-19(21(25)27)31-23(8-2,9-3)29-17/h15-20H,7-14H2,1-6H3/t15-,16+,17-,18-,19-,20-/m0/s1. The largest absolute Gasteiger partial charge is 0.342 e. The highest BCUT2D eigenvalue weighted by Crippen LogP contribution is 2.41. The Hall–Kier alpha value is -1.22. The number of fused-ring (bicyclic) bond motifs is 2. The first-order valence-corrected chi connectivity index (χ1v) is 12.6. The van der Waals surface area contributed by atoms with Crippen LogP contribution in [0.1, 0.15) is 80.1 Å². The van der Waals surface area contributed by atoms with Crippen molar-refractivity contribution in [1.29, 1.82) is 0 Å². The molecular formula is C24H40N2O6. The number of hydrogen-bond donors (Lipinski definition) is 0. The molecule has 182 valence electrons. The van der Waals surface area contributed by atoms with E-state index in [0.717, 1.165) is 32.1 Å². The number of carbonyl (C=O) groups is 2. The SMILES string of the molecule is CC[C@H](C[C@H](C)N1C[C@@H]2OC(CC)(CC)O[C@@H]2C1=O)N1C[C@@H]2OC(CC)(CC)O[C@@H]2C1=O. The molecule has 0 aromatic rings. The van der Waals surface area contributed by atoms with Crippen LogP contribution in [0.2, 0.25) is 0 Å². The van der Waals surface area contributed by atoms with E-state index in [4.69, 9.17) is 18.9 Å². The molecule has 32 heavy (non-hydrogen) atoms. The Morgan fingerprint density at radius 3 is 1.62 bits per heavy atom. The molecule has 8 nitrogen and oxygen atoms in total. The third-order valence-corrected chi connectivity index (χ3v) is 8.11. The maximum atomic E-state index is 13.2. The van der Waals surface area contributed by atoms with Gasteiger partial charge in [0.25, 0.3) is 11.8 Å². The van der Waals surface area contributed by atoms with Crippen LogP contribution in [0.4, 0.5) is 0 Å². The molecular weight excluding hydrogens is 412 g/mol. The minimum absolute atomic E-state index is 0.00749. The maximum absolute atomic E-state index is 13.2. The summed E-state index contributed by atoms with van der Waals surface area (Å²) in [6.45, 7) is 13.4. The van der Waals surface area contributed by atoms with Crippen molar-refractivity contribution in [2.24, 2.45) is 0 Å². The number of nitrogens with zero attached hydrogens (tertiary/aromatic N) is 2. The van der Waals surface area contributed by atoms with Gasteiger partial charge in [0.05, 0.1) is 13.1 Å². The summed E-state index contributed by atoms with van der Waals surface area (Å²) in [5, 5.41) is 0. The fourth-order valence-corrected chi connectivity index (χ4v) is 5.85. The van der Waals surface area contributed by atoms with Gasteiger partial charge < -0.3 is 28.7 Å². The molecule has 0 spiro atoms. The van der Waals surface area contributed by atoms with Crippen molar-refractivity contribution in [2.45, 2.75) is 128 Å². The van der Waals surface area contributed by atoms with Crippen molar-refractivity contribution >= 4 is 11.8 Å². The number of rotatable bonds is 9. The van der Waals surface area contributed by atoms with Gasteiger partial charge in [-0.05, 0) is 45.4 Å². The Kier molecular flexibility index (Phi) is 6.62. The van der Waals surface area contributed by atoms with E-state index in [1.165, 1.54) is 0 Å². The van der Waals surface area contributed by atoms with Crippen LogP contribution >= 0.6 is 0 Å². The molecule has 0 unspecified atom stereocenters. The predicted octanol–water partition coefficient (Wildman–Crippen LogP) is 2.83. The summed E-state index contributed by atoms with van der Waals surface area (Å²) in [5.74, 6) is -1.23. The van der Waals surface area contributed by atoms with Gasteiger partial charge in [-0.1, -0.05) is 34.6 Å². The number of carbonyl (C=O) groups excluding carboxylic acids is 2. The summed E-state index contributed by atoms with van der Waals surface area (Å²) in [5.41, 5.74) is 0. The number of likely N-dealkylation sites (tertiary alicyclic amines) is 2. The Morgan fingerprint density at radius 1 is 0.781 bits per heavy atom.